The number of nitro groups is 1. The van der Waals surface area contributed by atoms with Crippen LogP contribution in [0.4, 0.5) is 18.9 Å². The number of Topliss-reactive ketones (excluding diaryl/α,β-unsaturated/α-hetero) is 2. The van der Waals surface area contributed by atoms with Crippen molar-refractivity contribution >= 4 is 28.9 Å². The summed E-state index contributed by atoms with van der Waals surface area (Å²) in [5.41, 5.74) is 0.979. The van der Waals surface area contributed by atoms with Gasteiger partial charge in [-0.25, -0.2) is 0 Å². The maximum Gasteiger partial charge on any atom is 0.416 e. The smallest absolute Gasteiger partial charge is 0.416 e. The van der Waals surface area contributed by atoms with Crippen LogP contribution in [0.25, 0.3) is 0 Å². The molecule has 12 heteroatoms. The summed E-state index contributed by atoms with van der Waals surface area (Å²) < 4.78 is 51.0. The highest BCUT2D eigenvalue weighted by Gasteiger charge is 2.41. The van der Waals surface area contributed by atoms with Crippen LogP contribution in [0.5, 0.6) is 17.2 Å². The van der Waals surface area contributed by atoms with Crippen molar-refractivity contribution in [1.29, 1.82) is 0 Å². The lowest BCUT2D eigenvalue weighted by Crippen LogP contribution is -2.36. The van der Waals surface area contributed by atoms with Crippen molar-refractivity contribution in [2.45, 2.75) is 57.5 Å². The SMILES string of the molecule is CCOc1cc(C2C3=C(CCCC3=O)NC3=C2C(=O)CCC3)cc(Cl)c1Oc1ccc(C(F)(F)F)cc1[N+](=O)[O-]. The molecule has 0 saturated heterocycles. The number of ether oxygens (including phenoxy) is 2. The summed E-state index contributed by atoms with van der Waals surface area (Å²) in [6.45, 7) is 1.82. The lowest BCUT2D eigenvalue weighted by Gasteiger charge is -2.37. The second-order valence-corrected chi connectivity index (χ2v) is 10.1. The monoisotopic (exact) mass is 576 g/mol. The summed E-state index contributed by atoms with van der Waals surface area (Å²) >= 11 is 6.63. The molecule has 0 saturated carbocycles. The molecule has 1 N–H and O–H groups in total. The van der Waals surface area contributed by atoms with Crippen LogP contribution in [0.2, 0.25) is 5.02 Å². The van der Waals surface area contributed by atoms with Crippen LogP contribution in [-0.2, 0) is 15.8 Å². The minimum Gasteiger partial charge on any atom is -0.490 e. The summed E-state index contributed by atoms with van der Waals surface area (Å²) in [6.07, 6.45) is -1.39. The van der Waals surface area contributed by atoms with Gasteiger partial charge in [0.15, 0.2) is 23.1 Å². The quantitative estimate of drug-likeness (QED) is 0.287. The number of carbonyl (C=O) groups is 2. The molecule has 2 aromatic carbocycles. The van der Waals surface area contributed by atoms with E-state index in [0.717, 1.165) is 17.5 Å². The highest BCUT2D eigenvalue weighted by atomic mass is 35.5. The Bertz CT molecular complexity index is 1460. The molecule has 210 valence electrons. The summed E-state index contributed by atoms with van der Waals surface area (Å²) in [5, 5.41) is 14.9. The van der Waals surface area contributed by atoms with Gasteiger partial charge < -0.3 is 14.8 Å². The molecule has 3 aliphatic rings. The normalized spacial score (nSPS) is 17.8. The number of dihydropyridines is 1. The number of halogens is 4. The Balaban J connectivity index is 1.63. The van der Waals surface area contributed by atoms with Crippen molar-refractivity contribution in [1.82, 2.24) is 5.32 Å². The predicted octanol–water partition coefficient (Wildman–Crippen LogP) is 7.16. The average molecular weight is 577 g/mol. The Labute approximate surface area is 231 Å². The molecule has 2 aliphatic carbocycles. The fourth-order valence-electron chi connectivity index (χ4n) is 5.47. The largest absolute Gasteiger partial charge is 0.490 e. The van der Waals surface area contributed by atoms with Crippen molar-refractivity contribution in [3.8, 4) is 17.2 Å². The van der Waals surface area contributed by atoms with Gasteiger partial charge in [0, 0.05) is 47.4 Å². The molecule has 8 nitrogen and oxygen atoms in total. The van der Waals surface area contributed by atoms with Crippen molar-refractivity contribution < 1.29 is 37.2 Å². The molecule has 0 unspecified atom stereocenters. The lowest BCUT2D eigenvalue weighted by molar-refractivity contribution is -0.385. The van der Waals surface area contributed by atoms with Crippen LogP contribution >= 0.6 is 11.6 Å². The predicted molar refractivity (Wildman–Crippen MR) is 138 cm³/mol. The van der Waals surface area contributed by atoms with Crippen LogP contribution in [0.3, 0.4) is 0 Å². The van der Waals surface area contributed by atoms with Gasteiger partial charge >= 0.3 is 11.9 Å². The van der Waals surface area contributed by atoms with E-state index in [9.17, 15) is 32.9 Å². The van der Waals surface area contributed by atoms with Crippen LogP contribution < -0.4 is 14.8 Å². The third kappa shape index (κ3) is 5.05. The van der Waals surface area contributed by atoms with Gasteiger partial charge in [0.25, 0.3) is 0 Å². The molecule has 5 rings (SSSR count). The Morgan fingerprint density at radius 2 is 1.62 bits per heavy atom. The van der Waals surface area contributed by atoms with Gasteiger partial charge in [-0.1, -0.05) is 11.6 Å². The Morgan fingerprint density at radius 1 is 1.00 bits per heavy atom. The number of nitrogens with zero attached hydrogens (tertiary/aromatic N) is 1. The van der Waals surface area contributed by atoms with Gasteiger partial charge in [-0.3, -0.25) is 19.7 Å². The number of benzene rings is 2. The summed E-state index contributed by atoms with van der Waals surface area (Å²) in [6, 6.07) is 4.98. The summed E-state index contributed by atoms with van der Waals surface area (Å²) in [5.74, 6) is -1.36. The first kappa shape index (κ1) is 27.7. The summed E-state index contributed by atoms with van der Waals surface area (Å²) in [4.78, 5) is 36.9. The molecule has 0 radical (unpaired) electrons. The molecule has 40 heavy (non-hydrogen) atoms. The zero-order valence-corrected chi connectivity index (χ0v) is 22.1. The van der Waals surface area contributed by atoms with E-state index in [-0.39, 0.29) is 34.7 Å². The minimum atomic E-state index is -4.79. The lowest BCUT2D eigenvalue weighted by atomic mass is 9.71. The van der Waals surface area contributed by atoms with E-state index < -0.39 is 34.0 Å². The third-order valence-corrected chi connectivity index (χ3v) is 7.43. The Kier molecular flexibility index (Phi) is 7.34. The fourth-order valence-corrected chi connectivity index (χ4v) is 5.72. The third-order valence-electron chi connectivity index (χ3n) is 7.15. The minimum absolute atomic E-state index is 0.0514. The van der Waals surface area contributed by atoms with Crippen LogP contribution in [0, 0.1) is 10.1 Å². The van der Waals surface area contributed by atoms with E-state index in [2.05, 4.69) is 5.32 Å². The molecule has 2 aromatic rings. The first-order valence-electron chi connectivity index (χ1n) is 12.8. The van der Waals surface area contributed by atoms with Crippen LogP contribution in [0.15, 0.2) is 52.9 Å². The number of hydrogen-bond donors (Lipinski definition) is 1. The average Bonchev–Trinajstić information content (AvgIpc) is 2.89. The number of nitrogens with one attached hydrogen (secondary N) is 1. The van der Waals surface area contributed by atoms with Crippen molar-refractivity contribution in [2.75, 3.05) is 6.61 Å². The molecule has 1 heterocycles. The zero-order chi connectivity index (χ0) is 28.8. The van der Waals surface area contributed by atoms with Crippen LogP contribution in [0.1, 0.15) is 62.5 Å². The van der Waals surface area contributed by atoms with Crippen molar-refractivity contribution in [3.63, 3.8) is 0 Å². The second-order valence-electron chi connectivity index (χ2n) is 9.70. The molecular weight excluding hydrogens is 553 g/mol. The number of nitro benzene ring substituents is 1. The first-order chi connectivity index (χ1) is 19.0. The number of carbonyl (C=O) groups excluding carboxylic acids is 2. The number of allylic oxidation sites excluding steroid dienone is 4. The van der Waals surface area contributed by atoms with Gasteiger partial charge in [-0.05, 0) is 62.4 Å². The molecule has 0 spiro atoms. The van der Waals surface area contributed by atoms with Gasteiger partial charge in [-0.2, -0.15) is 13.2 Å². The Hall–Kier alpha value is -3.86. The van der Waals surface area contributed by atoms with E-state index >= 15 is 0 Å². The zero-order valence-electron chi connectivity index (χ0n) is 21.3. The number of ketones is 2. The van der Waals surface area contributed by atoms with Gasteiger partial charge in [0.1, 0.15) is 0 Å². The molecule has 0 amide bonds. The maximum absolute atomic E-state index is 13.2. The highest BCUT2D eigenvalue weighted by molar-refractivity contribution is 6.32. The Morgan fingerprint density at radius 3 is 2.17 bits per heavy atom. The van der Waals surface area contributed by atoms with Crippen molar-refractivity contribution in [3.05, 3.63) is 79.1 Å². The van der Waals surface area contributed by atoms with E-state index in [1.807, 2.05) is 0 Å². The van der Waals surface area contributed by atoms with E-state index in [0.29, 0.717) is 67.4 Å². The van der Waals surface area contributed by atoms with E-state index in [1.54, 1.807) is 13.0 Å². The van der Waals surface area contributed by atoms with E-state index in [1.165, 1.54) is 6.07 Å². The molecule has 0 aromatic heterocycles. The molecule has 0 fully saturated rings. The molecule has 0 atom stereocenters. The molecular formula is C28H24ClF3N2O6. The second kappa shape index (κ2) is 10.6. The van der Waals surface area contributed by atoms with Gasteiger partial charge in [0.2, 0.25) is 5.75 Å². The summed E-state index contributed by atoms with van der Waals surface area (Å²) in [7, 11) is 0. The molecule has 0 bridgehead atoms. The number of rotatable bonds is 6. The maximum atomic E-state index is 13.2. The first-order valence-corrected chi connectivity index (χ1v) is 13.2. The highest BCUT2D eigenvalue weighted by Crippen LogP contribution is 2.49. The molecule has 1 aliphatic heterocycles. The standard InChI is InChI=1S/C28H24ClF3N2O6/c1-2-39-23-12-14(24-25-17(5-3-7-20(25)35)33-18-6-4-8-21(36)26(18)24)11-16(29)27(23)40-22-10-9-15(28(30,31)32)13-19(22)34(37)38/h9-13,24,33H,2-8H2,1H3. The number of alkyl halides is 3. The fraction of sp³-hybridized carbons (Fsp3) is 0.357. The van der Waals surface area contributed by atoms with Crippen molar-refractivity contribution in [2.24, 2.45) is 0 Å². The van der Waals surface area contributed by atoms with Gasteiger partial charge in [-0.15, -0.1) is 0 Å². The van der Waals surface area contributed by atoms with E-state index in [4.69, 9.17) is 21.1 Å². The number of hydrogen-bond acceptors (Lipinski definition) is 7. The topological polar surface area (TPSA) is 108 Å². The van der Waals surface area contributed by atoms with Crippen LogP contribution in [-0.4, -0.2) is 23.1 Å². The van der Waals surface area contributed by atoms with Gasteiger partial charge in [0.05, 0.1) is 22.1 Å².